The van der Waals surface area contributed by atoms with Crippen molar-refractivity contribution in [3.05, 3.63) is 35.0 Å². The lowest BCUT2D eigenvalue weighted by molar-refractivity contribution is 0.0559. The van der Waals surface area contributed by atoms with E-state index in [1.165, 1.54) is 0 Å². The number of amides is 2. The second kappa shape index (κ2) is 6.17. The number of urea groups is 1. The van der Waals surface area contributed by atoms with Crippen LogP contribution in [0.25, 0.3) is 11.3 Å². The maximum atomic E-state index is 13.9. The molecule has 2 amide bonds. The molecule has 1 aliphatic rings. The summed E-state index contributed by atoms with van der Waals surface area (Å²) in [4.78, 5) is 15.5. The van der Waals surface area contributed by atoms with E-state index in [0.717, 1.165) is 12.1 Å². The van der Waals surface area contributed by atoms with E-state index in [-0.39, 0.29) is 22.4 Å². The average molecular weight is 343 g/mol. The van der Waals surface area contributed by atoms with Gasteiger partial charge in [-0.25, -0.2) is 18.6 Å². The Balaban J connectivity index is 1.74. The average Bonchev–Trinajstić information content (AvgIpc) is 2.83. The van der Waals surface area contributed by atoms with E-state index >= 15 is 0 Å². The summed E-state index contributed by atoms with van der Waals surface area (Å²) in [5.41, 5.74) is -0.491. The monoisotopic (exact) mass is 343 g/mol. The van der Waals surface area contributed by atoms with Gasteiger partial charge in [0.25, 0.3) is 0 Å². The van der Waals surface area contributed by atoms with Crippen LogP contribution in [0.4, 0.5) is 23.1 Å². The summed E-state index contributed by atoms with van der Waals surface area (Å²) in [7, 11) is 0. The predicted molar refractivity (Wildman–Crippen MR) is 78.6 cm³/mol. The zero-order chi connectivity index (χ0) is 16.6. The Morgan fingerprint density at radius 1 is 1.30 bits per heavy atom. The second-order valence-electron chi connectivity index (χ2n) is 5.12. The van der Waals surface area contributed by atoms with Gasteiger partial charge in [0.2, 0.25) is 5.13 Å². The Labute approximate surface area is 133 Å². The molecular formula is C14H12F3N3O2S. The summed E-state index contributed by atoms with van der Waals surface area (Å²) < 4.78 is 40.5. The molecule has 0 saturated heterocycles. The van der Waals surface area contributed by atoms with Gasteiger partial charge in [-0.05, 0) is 25.0 Å². The fourth-order valence-electron chi connectivity index (χ4n) is 2.15. The maximum Gasteiger partial charge on any atom is 0.321 e. The zero-order valence-electron chi connectivity index (χ0n) is 11.6. The van der Waals surface area contributed by atoms with Crippen LogP contribution in [-0.4, -0.2) is 28.3 Å². The van der Waals surface area contributed by atoms with Crippen LogP contribution in [0, 0.1) is 16.8 Å². The first kappa shape index (κ1) is 15.8. The number of nitrogens with zero attached hydrogens (tertiary/aromatic N) is 1. The second-order valence-corrected chi connectivity index (χ2v) is 6.06. The van der Waals surface area contributed by atoms with Crippen LogP contribution in [0.3, 0.4) is 0 Å². The zero-order valence-corrected chi connectivity index (χ0v) is 12.5. The van der Waals surface area contributed by atoms with Crippen LogP contribution < -0.4 is 10.6 Å². The van der Waals surface area contributed by atoms with E-state index in [0.29, 0.717) is 30.2 Å². The third kappa shape index (κ3) is 3.30. The van der Waals surface area contributed by atoms with Crippen molar-refractivity contribution in [3.8, 4) is 11.3 Å². The standard InChI is InChI=1S/C14H12F3N3O2S/c15-6-1-2-7(8(16)5-6)11-12(17)23-14(19-11)20-13(22)18-9-3-4-10(9)21/h1-2,5,9-10,21H,3-4H2,(H2,18,19,20,22)/t9-,10-/m1/s1. The predicted octanol–water partition coefficient (Wildman–Crippen LogP) is 2.87. The Morgan fingerprint density at radius 3 is 2.70 bits per heavy atom. The van der Waals surface area contributed by atoms with Gasteiger partial charge >= 0.3 is 6.03 Å². The van der Waals surface area contributed by atoms with Gasteiger partial charge in [0.15, 0.2) is 5.13 Å². The molecule has 3 N–H and O–H groups in total. The van der Waals surface area contributed by atoms with E-state index in [1.54, 1.807) is 0 Å². The number of hydrogen-bond donors (Lipinski definition) is 3. The van der Waals surface area contributed by atoms with Crippen molar-refractivity contribution in [1.29, 1.82) is 0 Å². The molecule has 0 unspecified atom stereocenters. The summed E-state index contributed by atoms with van der Waals surface area (Å²) in [5, 5.41) is 13.4. The number of anilines is 1. The summed E-state index contributed by atoms with van der Waals surface area (Å²) in [5.74, 6) is -1.72. The Hall–Kier alpha value is -2.13. The first-order valence-electron chi connectivity index (χ1n) is 6.81. The van der Waals surface area contributed by atoms with Crippen molar-refractivity contribution in [2.24, 2.45) is 0 Å². The van der Waals surface area contributed by atoms with Crippen molar-refractivity contribution in [1.82, 2.24) is 10.3 Å². The van der Waals surface area contributed by atoms with Crippen LogP contribution in [0.1, 0.15) is 12.8 Å². The lowest BCUT2D eigenvalue weighted by Crippen LogP contribution is -2.51. The van der Waals surface area contributed by atoms with Gasteiger partial charge in [0, 0.05) is 11.6 Å². The quantitative estimate of drug-likeness (QED) is 0.802. The topological polar surface area (TPSA) is 74.2 Å². The Bertz CT molecular complexity index is 753. The van der Waals surface area contributed by atoms with Gasteiger partial charge in [-0.2, -0.15) is 4.39 Å². The van der Waals surface area contributed by atoms with Gasteiger partial charge in [0.05, 0.1) is 12.1 Å². The summed E-state index contributed by atoms with van der Waals surface area (Å²) >= 11 is 0.531. The highest BCUT2D eigenvalue weighted by molar-refractivity contribution is 7.14. The molecule has 0 bridgehead atoms. The van der Waals surface area contributed by atoms with Gasteiger partial charge < -0.3 is 10.4 Å². The maximum absolute atomic E-state index is 13.9. The molecule has 9 heteroatoms. The van der Waals surface area contributed by atoms with Crippen molar-refractivity contribution in [2.45, 2.75) is 25.0 Å². The van der Waals surface area contributed by atoms with E-state index < -0.39 is 28.9 Å². The molecule has 1 saturated carbocycles. The van der Waals surface area contributed by atoms with Gasteiger partial charge in [-0.15, -0.1) is 0 Å². The molecule has 1 aromatic heterocycles. The highest BCUT2D eigenvalue weighted by Gasteiger charge is 2.30. The van der Waals surface area contributed by atoms with Crippen molar-refractivity contribution >= 4 is 22.5 Å². The molecule has 1 aromatic carbocycles. The third-order valence-corrected chi connectivity index (χ3v) is 4.31. The number of aliphatic hydroxyl groups excluding tert-OH is 1. The van der Waals surface area contributed by atoms with Gasteiger partial charge in [-0.1, -0.05) is 11.3 Å². The highest BCUT2D eigenvalue weighted by atomic mass is 32.1. The minimum Gasteiger partial charge on any atom is -0.391 e. The van der Waals surface area contributed by atoms with Crippen LogP contribution in [0.5, 0.6) is 0 Å². The van der Waals surface area contributed by atoms with Crippen LogP contribution in [0.2, 0.25) is 0 Å². The largest absolute Gasteiger partial charge is 0.391 e. The normalized spacial score (nSPS) is 20.0. The molecule has 5 nitrogen and oxygen atoms in total. The number of aliphatic hydroxyl groups is 1. The minimum atomic E-state index is -0.942. The number of nitrogens with one attached hydrogen (secondary N) is 2. The fourth-order valence-corrected chi connectivity index (χ4v) is 2.86. The third-order valence-electron chi connectivity index (χ3n) is 3.55. The SMILES string of the molecule is O=C(Nc1nc(-c2ccc(F)cc2F)c(F)s1)N[C@@H]1CC[C@H]1O. The number of benzene rings is 1. The molecule has 3 rings (SSSR count). The summed E-state index contributed by atoms with van der Waals surface area (Å²) in [6.07, 6.45) is 0.690. The van der Waals surface area contributed by atoms with Crippen molar-refractivity contribution < 1.29 is 23.1 Å². The van der Waals surface area contributed by atoms with Gasteiger partial charge in [0.1, 0.15) is 17.3 Å². The molecule has 0 spiro atoms. The van der Waals surface area contributed by atoms with E-state index in [2.05, 4.69) is 15.6 Å². The number of rotatable bonds is 3. The Kier molecular flexibility index (Phi) is 4.22. The lowest BCUT2D eigenvalue weighted by atomic mass is 9.89. The first-order valence-corrected chi connectivity index (χ1v) is 7.63. The number of aromatic nitrogens is 1. The fraction of sp³-hybridized carbons (Fsp3) is 0.286. The molecule has 122 valence electrons. The Morgan fingerprint density at radius 2 is 2.09 bits per heavy atom. The minimum absolute atomic E-state index is 0.0625. The molecular weight excluding hydrogens is 331 g/mol. The van der Waals surface area contributed by atoms with Crippen molar-refractivity contribution in [2.75, 3.05) is 5.32 Å². The van der Waals surface area contributed by atoms with E-state index in [1.807, 2.05) is 0 Å². The molecule has 1 aliphatic carbocycles. The van der Waals surface area contributed by atoms with Crippen LogP contribution in [-0.2, 0) is 0 Å². The van der Waals surface area contributed by atoms with Gasteiger partial charge in [-0.3, -0.25) is 5.32 Å². The molecule has 0 aliphatic heterocycles. The number of carbonyl (C=O) groups excluding carboxylic acids is 1. The van der Waals surface area contributed by atoms with Crippen LogP contribution >= 0.6 is 11.3 Å². The molecule has 1 fully saturated rings. The van der Waals surface area contributed by atoms with E-state index in [9.17, 15) is 23.1 Å². The number of hydrogen-bond acceptors (Lipinski definition) is 4. The molecule has 2 atom stereocenters. The number of carbonyl (C=O) groups is 1. The molecule has 23 heavy (non-hydrogen) atoms. The summed E-state index contributed by atoms with van der Waals surface area (Å²) in [6.45, 7) is 0. The first-order chi connectivity index (χ1) is 10.9. The lowest BCUT2D eigenvalue weighted by Gasteiger charge is -2.32. The highest BCUT2D eigenvalue weighted by Crippen LogP contribution is 2.31. The van der Waals surface area contributed by atoms with Crippen LogP contribution in [0.15, 0.2) is 18.2 Å². The smallest absolute Gasteiger partial charge is 0.321 e. The number of halogens is 3. The van der Waals surface area contributed by atoms with Crippen molar-refractivity contribution in [3.63, 3.8) is 0 Å². The molecule has 2 aromatic rings. The van der Waals surface area contributed by atoms with E-state index in [4.69, 9.17) is 0 Å². The molecule has 0 radical (unpaired) electrons. The number of thiazole rings is 1. The molecule has 1 heterocycles. The summed E-state index contributed by atoms with van der Waals surface area (Å²) in [6, 6.07) is 1.74.